The highest BCUT2D eigenvalue weighted by Crippen LogP contribution is 2.31. The number of primary amides is 1. The van der Waals surface area contributed by atoms with Gasteiger partial charge in [-0.15, -0.1) is 0 Å². The summed E-state index contributed by atoms with van der Waals surface area (Å²) in [6.45, 7) is 5.19. The molecule has 4 N–H and O–H groups in total. The second-order valence-corrected chi connectivity index (χ2v) is 8.56. The van der Waals surface area contributed by atoms with Crippen LogP contribution in [-0.2, 0) is 4.79 Å². The first-order valence-electron chi connectivity index (χ1n) is 11.2. The van der Waals surface area contributed by atoms with Crippen LogP contribution in [0.5, 0.6) is 0 Å². The van der Waals surface area contributed by atoms with Crippen molar-refractivity contribution >= 4 is 46.3 Å². The second-order valence-electron chi connectivity index (χ2n) is 8.20. The zero-order valence-corrected chi connectivity index (χ0v) is 18.9. The minimum Gasteiger partial charge on any atom is -0.368 e. The lowest BCUT2D eigenvalue weighted by atomic mass is 10.1. The van der Waals surface area contributed by atoms with Gasteiger partial charge in [-0.2, -0.15) is 9.97 Å². The van der Waals surface area contributed by atoms with E-state index in [0.717, 1.165) is 57.9 Å². The van der Waals surface area contributed by atoms with Gasteiger partial charge < -0.3 is 26.2 Å². The van der Waals surface area contributed by atoms with Gasteiger partial charge in [0.15, 0.2) is 28.0 Å². The molecule has 2 aliphatic rings. The summed E-state index contributed by atoms with van der Waals surface area (Å²) in [6, 6.07) is 8.40. The van der Waals surface area contributed by atoms with Gasteiger partial charge in [0.2, 0.25) is 11.9 Å². The van der Waals surface area contributed by atoms with Crippen molar-refractivity contribution in [3.63, 3.8) is 0 Å². The standard InChI is InChI=1S/C22H26ClN9O/c23-17-20(27-15(18(24)33)14-6-2-1-3-7-14)28-19-16(26-17)21(31-10-4-5-11-31)30-22(29-19)32-12-8-25-9-13-32/h1-3,6-7,15,25H,4-5,8-13H2,(H2,24,33)(H,27,28,29,30)/t15-/m1/s1. The maximum absolute atomic E-state index is 12.2. The van der Waals surface area contributed by atoms with Crippen molar-refractivity contribution in [2.24, 2.45) is 5.73 Å². The maximum atomic E-state index is 12.2. The molecule has 3 aromatic rings. The molecule has 2 aromatic heterocycles. The van der Waals surface area contributed by atoms with Gasteiger partial charge in [0, 0.05) is 39.3 Å². The summed E-state index contributed by atoms with van der Waals surface area (Å²) in [4.78, 5) is 35.4. The molecule has 0 aliphatic carbocycles. The van der Waals surface area contributed by atoms with Crippen LogP contribution in [0.1, 0.15) is 24.4 Å². The van der Waals surface area contributed by atoms with Crippen molar-refractivity contribution in [1.29, 1.82) is 0 Å². The Labute approximate surface area is 196 Å². The molecular formula is C22H26ClN9O. The van der Waals surface area contributed by atoms with Crippen LogP contribution in [0, 0.1) is 0 Å². The quantitative estimate of drug-likeness (QED) is 0.496. The van der Waals surface area contributed by atoms with Crippen molar-refractivity contribution in [2.45, 2.75) is 18.9 Å². The maximum Gasteiger partial charge on any atom is 0.244 e. The molecule has 2 aliphatic heterocycles. The summed E-state index contributed by atoms with van der Waals surface area (Å²) in [5.74, 6) is 1.10. The number of halogens is 1. The third-order valence-electron chi connectivity index (χ3n) is 5.96. The van der Waals surface area contributed by atoms with E-state index in [1.54, 1.807) is 0 Å². The Kier molecular flexibility index (Phi) is 6.10. The summed E-state index contributed by atoms with van der Waals surface area (Å²) in [7, 11) is 0. The highest BCUT2D eigenvalue weighted by molar-refractivity contribution is 6.32. The lowest BCUT2D eigenvalue weighted by Gasteiger charge is -2.28. The largest absolute Gasteiger partial charge is 0.368 e. The van der Waals surface area contributed by atoms with Crippen LogP contribution in [0.25, 0.3) is 11.2 Å². The molecular weight excluding hydrogens is 442 g/mol. The Morgan fingerprint density at radius 2 is 1.73 bits per heavy atom. The minimum absolute atomic E-state index is 0.142. The second kappa shape index (κ2) is 9.32. The third kappa shape index (κ3) is 4.49. The molecule has 0 spiro atoms. The third-order valence-corrected chi connectivity index (χ3v) is 6.23. The smallest absolute Gasteiger partial charge is 0.244 e. The topological polar surface area (TPSA) is 125 Å². The number of carbonyl (C=O) groups is 1. The zero-order chi connectivity index (χ0) is 22.8. The summed E-state index contributed by atoms with van der Waals surface area (Å²) in [6.07, 6.45) is 2.21. The van der Waals surface area contributed by atoms with E-state index in [2.05, 4.69) is 30.4 Å². The Balaban J connectivity index is 1.58. The molecule has 0 radical (unpaired) electrons. The average Bonchev–Trinajstić information content (AvgIpc) is 3.38. The predicted octanol–water partition coefficient (Wildman–Crippen LogP) is 1.72. The summed E-state index contributed by atoms with van der Waals surface area (Å²) < 4.78 is 0. The highest BCUT2D eigenvalue weighted by Gasteiger charge is 2.25. The first-order chi connectivity index (χ1) is 16.1. The molecule has 1 atom stereocenters. The van der Waals surface area contributed by atoms with Crippen molar-refractivity contribution in [3.8, 4) is 0 Å². The lowest BCUT2D eigenvalue weighted by Crippen LogP contribution is -2.44. The van der Waals surface area contributed by atoms with Crippen LogP contribution in [0.4, 0.5) is 17.6 Å². The molecule has 1 aromatic carbocycles. The number of piperazine rings is 1. The molecule has 2 saturated heterocycles. The normalized spacial score (nSPS) is 17.4. The van der Waals surface area contributed by atoms with Gasteiger partial charge in [0.05, 0.1) is 0 Å². The number of benzene rings is 1. The molecule has 0 unspecified atom stereocenters. The predicted molar refractivity (Wildman–Crippen MR) is 129 cm³/mol. The molecule has 10 nitrogen and oxygen atoms in total. The Morgan fingerprint density at radius 1 is 1.00 bits per heavy atom. The first-order valence-corrected chi connectivity index (χ1v) is 11.5. The SMILES string of the molecule is NC(=O)[C@H](Nc1nc2nc(N3CCNCC3)nc(N3CCCC3)c2nc1Cl)c1ccccc1. The van der Waals surface area contributed by atoms with Gasteiger partial charge >= 0.3 is 0 Å². The number of aromatic nitrogens is 4. The van der Waals surface area contributed by atoms with Crippen molar-refractivity contribution in [1.82, 2.24) is 25.3 Å². The number of nitrogens with two attached hydrogens (primary N) is 1. The van der Waals surface area contributed by atoms with Crippen molar-refractivity contribution in [3.05, 3.63) is 41.0 Å². The first kappa shape index (κ1) is 21.6. The Morgan fingerprint density at radius 3 is 2.42 bits per heavy atom. The fourth-order valence-electron chi connectivity index (χ4n) is 4.25. The number of fused-ring (bicyclic) bond motifs is 1. The molecule has 1 amide bonds. The van der Waals surface area contributed by atoms with E-state index in [1.165, 1.54) is 0 Å². The van der Waals surface area contributed by atoms with Crippen LogP contribution in [0.3, 0.4) is 0 Å². The van der Waals surface area contributed by atoms with Gasteiger partial charge in [0.25, 0.3) is 0 Å². The van der Waals surface area contributed by atoms with Crippen molar-refractivity contribution < 1.29 is 4.79 Å². The number of carbonyl (C=O) groups excluding carboxylic acids is 1. The van der Waals surface area contributed by atoms with Crippen LogP contribution in [0.2, 0.25) is 5.15 Å². The monoisotopic (exact) mass is 467 g/mol. The van der Waals surface area contributed by atoms with Crippen LogP contribution in [0.15, 0.2) is 30.3 Å². The molecule has 2 fully saturated rings. The van der Waals surface area contributed by atoms with Gasteiger partial charge in [-0.3, -0.25) is 4.79 Å². The van der Waals surface area contributed by atoms with Crippen LogP contribution < -0.4 is 26.2 Å². The number of nitrogens with one attached hydrogen (secondary N) is 2. The molecule has 172 valence electrons. The zero-order valence-electron chi connectivity index (χ0n) is 18.2. The Hall–Kier alpha value is -3.24. The summed E-state index contributed by atoms with van der Waals surface area (Å²) in [5.41, 5.74) is 7.37. The average molecular weight is 468 g/mol. The minimum atomic E-state index is -0.803. The van der Waals surface area contributed by atoms with Crippen LogP contribution in [-0.4, -0.2) is 65.1 Å². The van der Waals surface area contributed by atoms with Crippen LogP contribution >= 0.6 is 11.6 Å². The number of amides is 1. The van der Waals surface area contributed by atoms with E-state index in [4.69, 9.17) is 27.3 Å². The lowest BCUT2D eigenvalue weighted by molar-refractivity contribution is -0.118. The number of hydrogen-bond acceptors (Lipinski definition) is 9. The highest BCUT2D eigenvalue weighted by atomic mass is 35.5. The van der Waals surface area contributed by atoms with E-state index in [-0.39, 0.29) is 11.0 Å². The van der Waals surface area contributed by atoms with Crippen molar-refractivity contribution in [2.75, 3.05) is 54.4 Å². The number of hydrogen-bond donors (Lipinski definition) is 3. The van der Waals surface area contributed by atoms with E-state index < -0.39 is 11.9 Å². The number of rotatable bonds is 6. The van der Waals surface area contributed by atoms with Gasteiger partial charge in [-0.1, -0.05) is 41.9 Å². The van der Waals surface area contributed by atoms with E-state index in [1.807, 2.05) is 30.3 Å². The fourth-order valence-corrected chi connectivity index (χ4v) is 4.43. The van der Waals surface area contributed by atoms with Gasteiger partial charge in [-0.25, -0.2) is 9.97 Å². The van der Waals surface area contributed by atoms with E-state index >= 15 is 0 Å². The fraction of sp³-hybridized carbons (Fsp3) is 0.409. The van der Waals surface area contributed by atoms with E-state index in [0.29, 0.717) is 22.7 Å². The molecule has 0 bridgehead atoms. The van der Waals surface area contributed by atoms with Gasteiger partial charge in [-0.05, 0) is 18.4 Å². The Bertz CT molecular complexity index is 1150. The van der Waals surface area contributed by atoms with Gasteiger partial charge in [0.1, 0.15) is 6.04 Å². The molecule has 33 heavy (non-hydrogen) atoms. The summed E-state index contributed by atoms with van der Waals surface area (Å²) >= 11 is 6.53. The molecule has 11 heteroatoms. The number of anilines is 3. The molecule has 5 rings (SSSR count). The summed E-state index contributed by atoms with van der Waals surface area (Å²) in [5, 5.41) is 6.56. The number of nitrogens with zero attached hydrogens (tertiary/aromatic N) is 6. The molecule has 4 heterocycles. The molecule has 0 saturated carbocycles. The van der Waals surface area contributed by atoms with E-state index in [9.17, 15) is 4.79 Å².